The molecule has 19 heteroatoms. The quantitative estimate of drug-likeness (QED) is 0.168. The van der Waals surface area contributed by atoms with Crippen LogP contribution >= 0.6 is 11.8 Å². The second-order valence-electron chi connectivity index (χ2n) is 11.3. The molecule has 18 nitrogen and oxygen atoms in total. The van der Waals surface area contributed by atoms with Crippen LogP contribution in [0.2, 0.25) is 0 Å². The Morgan fingerprint density at radius 2 is 0.961 bits per heavy atom. The molecule has 2 aliphatic heterocycles. The summed E-state index contributed by atoms with van der Waals surface area (Å²) in [7, 11) is 0. The van der Waals surface area contributed by atoms with E-state index >= 15 is 0 Å². The van der Waals surface area contributed by atoms with Gasteiger partial charge in [-0.3, -0.25) is 33.6 Å². The van der Waals surface area contributed by atoms with E-state index in [9.17, 15) is 33.6 Å². The van der Waals surface area contributed by atoms with E-state index in [1.165, 1.54) is 0 Å². The van der Waals surface area contributed by atoms with Crippen molar-refractivity contribution >= 4 is 59.2 Å². The highest BCUT2D eigenvalue weighted by Crippen LogP contribution is 2.40. The molecule has 2 aliphatic rings. The van der Waals surface area contributed by atoms with Gasteiger partial charge >= 0.3 is 41.8 Å². The fourth-order valence-electron chi connectivity index (χ4n) is 5.25. The van der Waals surface area contributed by atoms with Crippen LogP contribution in [-0.4, -0.2) is 116 Å². The van der Waals surface area contributed by atoms with Crippen LogP contribution in [0.15, 0.2) is 29.2 Å². The lowest BCUT2D eigenvalue weighted by atomic mass is 9.96. The third-order valence-electron chi connectivity index (χ3n) is 7.02. The van der Waals surface area contributed by atoms with Gasteiger partial charge in [0, 0.05) is 59.0 Å². The summed E-state index contributed by atoms with van der Waals surface area (Å²) < 4.78 is 56.8. The zero-order valence-electron chi connectivity index (χ0n) is 28.9. The average molecular weight is 744 g/mol. The maximum Gasteiger partial charge on any atom is 0.303 e. The number of carbonyl (C=O) groups is 7. The predicted molar refractivity (Wildman–Crippen MR) is 170 cm³/mol. The summed E-state index contributed by atoms with van der Waals surface area (Å²) in [5.41, 5.74) is 5.20. The summed E-state index contributed by atoms with van der Waals surface area (Å²) in [5, 5.41) is 0. The summed E-state index contributed by atoms with van der Waals surface area (Å²) in [5.74, 6) is -5.70. The molecule has 3 rings (SSSR count). The number of hydrogen-bond acceptors (Lipinski definition) is 19. The molecular formula is C32H41NO17S. The van der Waals surface area contributed by atoms with Crippen LogP contribution in [0.3, 0.4) is 0 Å². The van der Waals surface area contributed by atoms with Crippen molar-refractivity contribution in [2.75, 3.05) is 18.9 Å². The van der Waals surface area contributed by atoms with E-state index < -0.39 is 116 Å². The Bertz CT molecular complexity index is 1440. The summed E-state index contributed by atoms with van der Waals surface area (Å²) in [6, 6.07) is 6.61. The van der Waals surface area contributed by atoms with Crippen molar-refractivity contribution < 1.29 is 80.9 Å². The summed E-state index contributed by atoms with van der Waals surface area (Å²) in [6.45, 7) is 6.57. The van der Waals surface area contributed by atoms with Crippen LogP contribution in [0.5, 0.6) is 0 Å². The number of rotatable bonds is 13. The standard InChI is InChI=1S/C32H41NO17S/c1-14(34)41-12-23-25(43-16(3)36)27(44-17(4)37)29(46-19(6)39)31(48-23)50-26-24(13-42-15(2)35)49-32(51-22-10-8-21(33)9-11-22)30(47-20(7)40)28(26)45-18(5)38/h8-11,23-32H,12-13,33H2,1-7H3. The van der Waals surface area contributed by atoms with Gasteiger partial charge in [-0.25, -0.2) is 0 Å². The SMILES string of the molecule is CC(=O)OCC1OC(OC2C(COC(C)=O)OC(Sc3ccc(N)cc3)C(OC(C)=O)C2OC(C)=O)C(OC(C)=O)C(OC(C)=O)C1OC(C)=O. The van der Waals surface area contributed by atoms with Gasteiger partial charge in [-0.1, -0.05) is 11.8 Å². The maximum absolute atomic E-state index is 12.6. The number of nitrogens with two attached hydrogens (primary N) is 1. The maximum atomic E-state index is 12.6. The van der Waals surface area contributed by atoms with Crippen molar-refractivity contribution in [3.05, 3.63) is 24.3 Å². The molecule has 1 aromatic carbocycles. The van der Waals surface area contributed by atoms with Crippen molar-refractivity contribution in [3.8, 4) is 0 Å². The molecule has 0 spiro atoms. The van der Waals surface area contributed by atoms with E-state index in [1.807, 2.05) is 0 Å². The first-order valence-corrected chi connectivity index (χ1v) is 16.4. The lowest BCUT2D eigenvalue weighted by Crippen LogP contribution is -2.66. The smallest absolute Gasteiger partial charge is 0.303 e. The van der Waals surface area contributed by atoms with Crippen molar-refractivity contribution in [2.24, 2.45) is 0 Å². The van der Waals surface area contributed by atoms with Gasteiger partial charge in [0.25, 0.3) is 0 Å². The first kappa shape index (κ1) is 41.0. The Hall–Kier alpha value is -4.46. The van der Waals surface area contributed by atoms with E-state index in [1.54, 1.807) is 24.3 Å². The van der Waals surface area contributed by atoms with E-state index in [0.717, 1.165) is 60.2 Å². The van der Waals surface area contributed by atoms with Gasteiger partial charge < -0.3 is 53.1 Å². The molecule has 10 unspecified atom stereocenters. The first-order chi connectivity index (χ1) is 23.9. The van der Waals surface area contributed by atoms with Crippen molar-refractivity contribution in [1.29, 1.82) is 0 Å². The molecule has 2 N–H and O–H groups in total. The molecule has 0 saturated carbocycles. The van der Waals surface area contributed by atoms with Gasteiger partial charge in [-0.15, -0.1) is 0 Å². The van der Waals surface area contributed by atoms with Crippen LogP contribution < -0.4 is 5.73 Å². The molecule has 0 aromatic heterocycles. The number of esters is 7. The molecule has 0 radical (unpaired) electrons. The Kier molecular flexibility index (Phi) is 15.0. The van der Waals surface area contributed by atoms with Crippen molar-refractivity contribution in [2.45, 2.75) is 114 Å². The molecule has 2 heterocycles. The summed E-state index contributed by atoms with van der Waals surface area (Å²) in [6.07, 6.45) is -13.6. The molecule has 2 fully saturated rings. The number of benzene rings is 1. The topological polar surface area (TPSA) is 238 Å². The Morgan fingerprint density at radius 1 is 0.549 bits per heavy atom. The van der Waals surface area contributed by atoms with Gasteiger partial charge in [0.05, 0.1) is 0 Å². The van der Waals surface area contributed by atoms with Crippen molar-refractivity contribution in [1.82, 2.24) is 0 Å². The zero-order chi connectivity index (χ0) is 38.0. The Morgan fingerprint density at radius 3 is 1.43 bits per heavy atom. The molecule has 0 bridgehead atoms. The van der Waals surface area contributed by atoms with Gasteiger partial charge in [0.2, 0.25) is 0 Å². The highest BCUT2D eigenvalue weighted by Gasteiger charge is 2.57. The first-order valence-electron chi connectivity index (χ1n) is 15.6. The van der Waals surface area contributed by atoms with Crippen LogP contribution in [0.25, 0.3) is 0 Å². The lowest BCUT2D eigenvalue weighted by molar-refractivity contribution is -0.341. The minimum absolute atomic E-state index is 0.476. The fourth-order valence-corrected chi connectivity index (χ4v) is 6.35. The Labute approximate surface area is 297 Å². The average Bonchev–Trinajstić information content (AvgIpc) is 3.00. The van der Waals surface area contributed by atoms with Gasteiger partial charge in [0.15, 0.2) is 36.8 Å². The number of anilines is 1. The van der Waals surface area contributed by atoms with Crippen LogP contribution in [-0.2, 0) is 80.9 Å². The molecule has 0 aliphatic carbocycles. The highest BCUT2D eigenvalue weighted by atomic mass is 32.2. The fraction of sp³-hybridized carbons (Fsp3) is 0.594. The zero-order valence-corrected chi connectivity index (χ0v) is 29.7. The monoisotopic (exact) mass is 743 g/mol. The predicted octanol–water partition coefficient (Wildman–Crippen LogP) is 0.981. The number of carbonyl (C=O) groups excluding carboxylic acids is 7. The lowest BCUT2D eigenvalue weighted by Gasteiger charge is -2.48. The van der Waals surface area contributed by atoms with E-state index in [-0.39, 0.29) is 0 Å². The van der Waals surface area contributed by atoms with Crippen LogP contribution in [0.1, 0.15) is 48.5 Å². The third kappa shape index (κ3) is 12.4. The largest absolute Gasteiger partial charge is 0.463 e. The summed E-state index contributed by atoms with van der Waals surface area (Å²) >= 11 is 1.07. The normalized spacial score (nSPS) is 28.7. The van der Waals surface area contributed by atoms with Crippen LogP contribution in [0, 0.1) is 0 Å². The molecular weight excluding hydrogens is 702 g/mol. The molecule has 282 valence electrons. The van der Waals surface area contributed by atoms with Gasteiger partial charge in [-0.05, 0) is 24.3 Å². The third-order valence-corrected chi connectivity index (χ3v) is 8.17. The molecule has 1 aromatic rings. The second kappa shape index (κ2) is 18.7. The van der Waals surface area contributed by atoms with Gasteiger partial charge in [0.1, 0.15) is 37.0 Å². The molecule has 2 saturated heterocycles. The highest BCUT2D eigenvalue weighted by molar-refractivity contribution is 7.99. The number of hydrogen-bond donors (Lipinski definition) is 1. The number of thioether (sulfide) groups is 1. The van der Waals surface area contributed by atoms with E-state index in [2.05, 4.69) is 0 Å². The minimum Gasteiger partial charge on any atom is -0.463 e. The minimum atomic E-state index is -1.77. The van der Waals surface area contributed by atoms with Crippen molar-refractivity contribution in [3.63, 3.8) is 0 Å². The second-order valence-corrected chi connectivity index (χ2v) is 12.5. The van der Waals surface area contributed by atoms with E-state index in [0.29, 0.717) is 10.6 Å². The molecule has 0 amide bonds. The molecule has 10 atom stereocenters. The van der Waals surface area contributed by atoms with Gasteiger partial charge in [-0.2, -0.15) is 0 Å². The Balaban J connectivity index is 2.16. The molecule has 51 heavy (non-hydrogen) atoms. The van der Waals surface area contributed by atoms with E-state index in [4.69, 9.17) is 53.1 Å². The number of nitrogen functional groups attached to an aromatic ring is 1. The number of ether oxygens (including phenoxy) is 10. The van der Waals surface area contributed by atoms with Crippen LogP contribution in [0.4, 0.5) is 5.69 Å². The summed E-state index contributed by atoms with van der Waals surface area (Å²) in [4.78, 5) is 86.2.